The van der Waals surface area contributed by atoms with Crippen LogP contribution in [0.15, 0.2) is 23.1 Å². The van der Waals surface area contributed by atoms with Crippen LogP contribution in [0.4, 0.5) is 11.4 Å². The Morgan fingerprint density at radius 3 is 2.32 bits per heavy atom. The maximum Gasteiger partial charge on any atom is 0.293 e. The van der Waals surface area contributed by atoms with Gasteiger partial charge >= 0.3 is 0 Å². The Morgan fingerprint density at radius 2 is 1.74 bits per heavy atom. The lowest BCUT2D eigenvalue weighted by molar-refractivity contribution is -0.384. The number of hydrogen-bond donors (Lipinski definition) is 1. The van der Waals surface area contributed by atoms with Gasteiger partial charge in [-0.25, -0.2) is 8.42 Å². The maximum absolute atomic E-state index is 12.9. The Bertz CT molecular complexity index is 847. The first-order valence-electron chi connectivity index (χ1n) is 11.1. The monoisotopic (exact) mass is 454 g/mol. The number of morpholine rings is 1. The fourth-order valence-electron chi connectivity index (χ4n) is 4.34. The van der Waals surface area contributed by atoms with Crippen molar-refractivity contribution in [3.63, 3.8) is 0 Å². The van der Waals surface area contributed by atoms with Crippen LogP contribution in [0.25, 0.3) is 0 Å². The minimum Gasteiger partial charge on any atom is -0.379 e. The maximum atomic E-state index is 12.9. The van der Waals surface area contributed by atoms with Gasteiger partial charge in [-0.05, 0) is 44.0 Å². The molecule has 0 aliphatic carbocycles. The Balaban J connectivity index is 1.78. The van der Waals surface area contributed by atoms with Gasteiger partial charge < -0.3 is 10.1 Å². The standard InChI is InChI=1S/C21H34N4O5S/c1-17(2)21(23-9-5-3-4-6-10-23)16-22-19-8-7-18(15-20(19)25(26)27)31(28,29)24-11-13-30-14-12-24/h7-8,15,17,21-22H,3-6,9-14,16H2,1-2H3. The van der Waals surface area contributed by atoms with Crippen LogP contribution in [0.2, 0.25) is 0 Å². The van der Waals surface area contributed by atoms with Gasteiger partial charge in [0.05, 0.1) is 23.0 Å². The number of nitrogens with one attached hydrogen (secondary N) is 1. The Labute approximate surface area is 184 Å². The Morgan fingerprint density at radius 1 is 1.10 bits per heavy atom. The summed E-state index contributed by atoms with van der Waals surface area (Å²) in [7, 11) is -3.79. The summed E-state index contributed by atoms with van der Waals surface area (Å²) < 4.78 is 32.3. The van der Waals surface area contributed by atoms with Crippen LogP contribution >= 0.6 is 0 Å². The summed E-state index contributed by atoms with van der Waals surface area (Å²) in [5, 5.41) is 15.0. The highest BCUT2D eigenvalue weighted by atomic mass is 32.2. The number of benzene rings is 1. The first kappa shape index (κ1) is 23.9. The molecule has 1 unspecified atom stereocenters. The van der Waals surface area contributed by atoms with Gasteiger partial charge in [0.1, 0.15) is 5.69 Å². The molecule has 1 aromatic rings. The predicted octanol–water partition coefficient (Wildman–Crippen LogP) is 2.93. The summed E-state index contributed by atoms with van der Waals surface area (Å²) in [4.78, 5) is 13.6. The number of nitrogens with zero attached hydrogens (tertiary/aromatic N) is 3. The van der Waals surface area contributed by atoms with E-state index in [2.05, 4.69) is 24.1 Å². The third kappa shape index (κ3) is 5.94. The molecule has 2 aliphatic rings. The Hall–Kier alpha value is -1.75. The summed E-state index contributed by atoms with van der Waals surface area (Å²) in [5.74, 6) is 0.394. The average molecular weight is 455 g/mol. The van der Waals surface area contributed by atoms with Crippen molar-refractivity contribution >= 4 is 21.4 Å². The van der Waals surface area contributed by atoms with E-state index in [1.807, 2.05) is 0 Å². The summed E-state index contributed by atoms with van der Waals surface area (Å²) in [5.41, 5.74) is 0.138. The average Bonchev–Trinajstić information content (AvgIpc) is 3.03. The lowest BCUT2D eigenvalue weighted by Crippen LogP contribution is -2.44. The van der Waals surface area contributed by atoms with Crippen LogP contribution in [0.5, 0.6) is 0 Å². The van der Waals surface area contributed by atoms with Crippen LogP contribution in [0.3, 0.4) is 0 Å². The van der Waals surface area contributed by atoms with Gasteiger partial charge in [0, 0.05) is 31.7 Å². The third-order valence-electron chi connectivity index (χ3n) is 6.15. The zero-order valence-electron chi connectivity index (χ0n) is 18.5. The van der Waals surface area contributed by atoms with Crippen LogP contribution in [-0.2, 0) is 14.8 Å². The molecule has 1 atom stereocenters. The van der Waals surface area contributed by atoms with E-state index in [1.54, 1.807) is 0 Å². The number of sulfonamides is 1. The van der Waals surface area contributed by atoms with Crippen molar-refractivity contribution < 1.29 is 18.1 Å². The van der Waals surface area contributed by atoms with Gasteiger partial charge in [0.15, 0.2) is 0 Å². The van der Waals surface area contributed by atoms with Crippen molar-refractivity contribution in [1.82, 2.24) is 9.21 Å². The fourth-order valence-corrected chi connectivity index (χ4v) is 5.76. The van der Waals surface area contributed by atoms with Crippen molar-refractivity contribution in [2.45, 2.75) is 50.5 Å². The summed E-state index contributed by atoms with van der Waals surface area (Å²) >= 11 is 0. The Kier molecular flexibility index (Phi) is 8.26. The molecule has 0 spiro atoms. The summed E-state index contributed by atoms with van der Waals surface area (Å²) in [6, 6.07) is 4.40. The first-order chi connectivity index (χ1) is 14.8. The van der Waals surface area contributed by atoms with Gasteiger partial charge in [-0.15, -0.1) is 0 Å². The number of hydrogen-bond acceptors (Lipinski definition) is 7. The molecule has 10 heteroatoms. The van der Waals surface area contributed by atoms with Gasteiger partial charge in [-0.1, -0.05) is 26.7 Å². The molecule has 2 saturated heterocycles. The molecule has 3 rings (SSSR count). The highest BCUT2D eigenvalue weighted by molar-refractivity contribution is 7.89. The molecular formula is C21H34N4O5S. The van der Waals surface area contributed by atoms with Crippen LogP contribution < -0.4 is 5.32 Å². The number of nitro benzene ring substituents is 1. The summed E-state index contributed by atoms with van der Waals surface area (Å²) in [6.07, 6.45) is 4.85. The van der Waals surface area contributed by atoms with E-state index in [0.717, 1.165) is 13.1 Å². The van der Waals surface area contributed by atoms with Crippen molar-refractivity contribution in [3.8, 4) is 0 Å². The van der Waals surface area contributed by atoms with Crippen molar-refractivity contribution in [2.24, 2.45) is 5.92 Å². The van der Waals surface area contributed by atoms with Crippen molar-refractivity contribution in [3.05, 3.63) is 28.3 Å². The van der Waals surface area contributed by atoms with E-state index in [-0.39, 0.29) is 29.7 Å². The van der Waals surface area contributed by atoms with Crippen LogP contribution in [-0.4, -0.2) is 74.5 Å². The van der Waals surface area contributed by atoms with Crippen molar-refractivity contribution in [2.75, 3.05) is 51.3 Å². The highest BCUT2D eigenvalue weighted by Crippen LogP contribution is 2.30. The van der Waals surface area contributed by atoms with Gasteiger partial charge in [0.2, 0.25) is 10.0 Å². The normalized spacial score (nSPS) is 20.4. The van der Waals surface area contributed by atoms with Gasteiger partial charge in [-0.3, -0.25) is 15.0 Å². The molecule has 9 nitrogen and oxygen atoms in total. The molecule has 2 aliphatic heterocycles. The molecule has 0 aromatic heterocycles. The van der Waals surface area contributed by atoms with Crippen LogP contribution in [0, 0.1) is 16.0 Å². The molecular weight excluding hydrogens is 420 g/mol. The van der Waals surface area contributed by atoms with E-state index in [9.17, 15) is 18.5 Å². The SMILES string of the molecule is CC(C)C(CNc1ccc(S(=O)(=O)N2CCOCC2)cc1[N+](=O)[O-])N1CCCCCC1. The van der Waals surface area contributed by atoms with Gasteiger partial charge in [-0.2, -0.15) is 4.31 Å². The molecule has 174 valence electrons. The van der Waals surface area contributed by atoms with E-state index in [4.69, 9.17) is 4.74 Å². The van der Waals surface area contributed by atoms with Crippen LogP contribution in [0.1, 0.15) is 39.5 Å². The minimum absolute atomic E-state index is 0.0559. The lowest BCUT2D eigenvalue weighted by atomic mass is 10.0. The molecule has 0 radical (unpaired) electrons. The zero-order valence-corrected chi connectivity index (χ0v) is 19.3. The highest BCUT2D eigenvalue weighted by Gasteiger charge is 2.29. The fraction of sp³-hybridized carbons (Fsp3) is 0.714. The number of rotatable bonds is 8. The second kappa shape index (κ2) is 10.7. The van der Waals surface area contributed by atoms with E-state index >= 15 is 0 Å². The first-order valence-corrected chi connectivity index (χ1v) is 12.6. The third-order valence-corrected chi connectivity index (χ3v) is 8.05. The second-order valence-corrected chi connectivity index (χ2v) is 10.5. The molecule has 31 heavy (non-hydrogen) atoms. The van der Waals surface area contributed by atoms with E-state index < -0.39 is 14.9 Å². The smallest absolute Gasteiger partial charge is 0.293 e. The molecule has 0 amide bonds. The second-order valence-electron chi connectivity index (χ2n) is 8.59. The predicted molar refractivity (Wildman–Crippen MR) is 120 cm³/mol. The summed E-state index contributed by atoms with van der Waals surface area (Å²) in [6.45, 7) is 8.17. The van der Waals surface area contributed by atoms with E-state index in [0.29, 0.717) is 31.4 Å². The quantitative estimate of drug-likeness (QED) is 0.476. The number of anilines is 1. The largest absolute Gasteiger partial charge is 0.379 e. The van der Waals surface area contributed by atoms with Crippen molar-refractivity contribution in [1.29, 1.82) is 0 Å². The lowest BCUT2D eigenvalue weighted by Gasteiger charge is -2.34. The zero-order chi connectivity index (χ0) is 22.4. The van der Waals surface area contributed by atoms with Gasteiger partial charge in [0.25, 0.3) is 5.69 Å². The molecule has 1 N–H and O–H groups in total. The minimum atomic E-state index is -3.79. The number of ether oxygens (including phenoxy) is 1. The molecule has 1 aromatic carbocycles. The number of nitro groups is 1. The molecule has 2 heterocycles. The van der Waals surface area contributed by atoms with E-state index in [1.165, 1.54) is 48.2 Å². The molecule has 0 saturated carbocycles. The number of likely N-dealkylation sites (tertiary alicyclic amines) is 1. The molecule has 0 bridgehead atoms. The topological polar surface area (TPSA) is 105 Å². The molecule has 2 fully saturated rings.